The second-order valence-electron chi connectivity index (χ2n) is 4.25. The Morgan fingerprint density at radius 1 is 0.955 bits per heavy atom. The Bertz CT molecular complexity index is 793. The molecule has 0 aliphatic heterocycles. The highest BCUT2D eigenvalue weighted by Gasteiger charge is 2.18. The first kappa shape index (κ1) is 16.7. The molecule has 2 rings (SSSR count). The molecule has 0 saturated carbocycles. The van der Waals surface area contributed by atoms with E-state index in [9.17, 15) is 8.42 Å². The number of hydrogen-bond donors (Lipinski definition) is 1. The highest BCUT2D eigenvalue weighted by molar-refractivity contribution is 7.92. The van der Waals surface area contributed by atoms with E-state index in [4.69, 9.17) is 32.7 Å². The number of ether oxygens (including phenoxy) is 2. The fraction of sp³-hybridized carbons (Fsp3) is 0.143. The van der Waals surface area contributed by atoms with Gasteiger partial charge < -0.3 is 9.47 Å². The van der Waals surface area contributed by atoms with Gasteiger partial charge in [-0.25, -0.2) is 8.42 Å². The number of anilines is 1. The van der Waals surface area contributed by atoms with Gasteiger partial charge in [-0.1, -0.05) is 23.2 Å². The molecular weight excluding hydrogens is 349 g/mol. The molecule has 0 bridgehead atoms. The third kappa shape index (κ3) is 3.58. The van der Waals surface area contributed by atoms with E-state index in [1.54, 1.807) is 12.1 Å². The quantitative estimate of drug-likeness (QED) is 0.879. The summed E-state index contributed by atoms with van der Waals surface area (Å²) in [5.41, 5.74) is 0.238. The van der Waals surface area contributed by atoms with Crippen LogP contribution in [0.25, 0.3) is 0 Å². The highest BCUT2D eigenvalue weighted by atomic mass is 35.5. The predicted molar refractivity (Wildman–Crippen MR) is 86.8 cm³/mol. The van der Waals surface area contributed by atoms with Gasteiger partial charge in [0.1, 0.15) is 11.5 Å². The third-order valence-corrected chi connectivity index (χ3v) is 4.73. The molecule has 0 radical (unpaired) electrons. The average molecular weight is 362 g/mol. The summed E-state index contributed by atoms with van der Waals surface area (Å²) in [6.07, 6.45) is 0. The summed E-state index contributed by atoms with van der Waals surface area (Å²) in [6, 6.07) is 8.81. The lowest BCUT2D eigenvalue weighted by Crippen LogP contribution is -2.13. The Labute approximate surface area is 138 Å². The first-order valence-corrected chi connectivity index (χ1v) is 8.31. The van der Waals surface area contributed by atoms with Gasteiger partial charge in [-0.05, 0) is 36.4 Å². The van der Waals surface area contributed by atoms with E-state index < -0.39 is 10.0 Å². The zero-order valence-electron chi connectivity index (χ0n) is 11.8. The van der Waals surface area contributed by atoms with Crippen LogP contribution in [0.1, 0.15) is 0 Å². The number of methoxy groups -OCH3 is 2. The molecule has 0 heterocycles. The number of benzene rings is 2. The van der Waals surface area contributed by atoms with Crippen molar-refractivity contribution in [2.75, 3.05) is 18.9 Å². The van der Waals surface area contributed by atoms with Gasteiger partial charge in [-0.3, -0.25) is 4.72 Å². The summed E-state index contributed by atoms with van der Waals surface area (Å²) in [4.78, 5) is 0.000304. The van der Waals surface area contributed by atoms with Crippen LogP contribution in [-0.2, 0) is 10.0 Å². The van der Waals surface area contributed by atoms with E-state index in [0.29, 0.717) is 16.5 Å². The lowest BCUT2D eigenvalue weighted by molar-refractivity contribution is 0.414. The Hall–Kier alpha value is -1.63. The number of nitrogens with one attached hydrogen (secondary N) is 1. The number of hydrogen-bond acceptors (Lipinski definition) is 4. The fourth-order valence-electron chi connectivity index (χ4n) is 1.78. The smallest absolute Gasteiger partial charge is 0.262 e. The van der Waals surface area contributed by atoms with Crippen molar-refractivity contribution in [1.82, 2.24) is 0 Å². The van der Waals surface area contributed by atoms with Crippen LogP contribution in [0, 0.1) is 0 Å². The minimum atomic E-state index is -3.84. The Balaban J connectivity index is 2.40. The summed E-state index contributed by atoms with van der Waals surface area (Å²) < 4.78 is 37.4. The first-order valence-electron chi connectivity index (χ1n) is 6.07. The second kappa shape index (κ2) is 6.64. The Morgan fingerprint density at radius 2 is 1.59 bits per heavy atom. The summed E-state index contributed by atoms with van der Waals surface area (Å²) >= 11 is 11.8. The molecule has 0 amide bonds. The molecule has 0 aliphatic carbocycles. The van der Waals surface area contributed by atoms with Crippen LogP contribution in [0.2, 0.25) is 10.0 Å². The van der Waals surface area contributed by atoms with Crippen molar-refractivity contribution in [2.45, 2.75) is 4.90 Å². The molecule has 0 aliphatic rings. The van der Waals surface area contributed by atoms with Crippen molar-refractivity contribution < 1.29 is 17.9 Å². The van der Waals surface area contributed by atoms with Crippen molar-refractivity contribution >= 4 is 38.9 Å². The summed E-state index contributed by atoms with van der Waals surface area (Å²) in [6.45, 7) is 0. The van der Waals surface area contributed by atoms with Crippen molar-refractivity contribution in [3.63, 3.8) is 0 Å². The van der Waals surface area contributed by atoms with Crippen LogP contribution in [0.3, 0.4) is 0 Å². The summed E-state index contributed by atoms with van der Waals surface area (Å²) in [5, 5.41) is 0.578. The predicted octanol–water partition coefficient (Wildman–Crippen LogP) is 3.81. The van der Waals surface area contributed by atoms with Crippen LogP contribution in [0.4, 0.5) is 5.69 Å². The molecule has 118 valence electrons. The molecule has 2 aromatic carbocycles. The lowest BCUT2D eigenvalue weighted by Gasteiger charge is -2.13. The zero-order valence-corrected chi connectivity index (χ0v) is 14.1. The van der Waals surface area contributed by atoms with Gasteiger partial charge in [0.15, 0.2) is 0 Å². The maximum Gasteiger partial charge on any atom is 0.262 e. The SMILES string of the molecule is COc1ccc(S(=O)(=O)Nc2cc(Cl)ccc2OC)cc1Cl. The van der Waals surface area contributed by atoms with E-state index in [0.717, 1.165) is 0 Å². The van der Waals surface area contributed by atoms with Gasteiger partial charge in [0.25, 0.3) is 10.0 Å². The van der Waals surface area contributed by atoms with E-state index >= 15 is 0 Å². The minimum Gasteiger partial charge on any atom is -0.495 e. The first-order chi connectivity index (χ1) is 10.4. The van der Waals surface area contributed by atoms with Gasteiger partial charge in [-0.15, -0.1) is 0 Å². The second-order valence-corrected chi connectivity index (χ2v) is 6.77. The molecule has 1 N–H and O–H groups in total. The Kier molecular flexibility index (Phi) is 5.05. The molecule has 0 spiro atoms. The average Bonchev–Trinajstić information content (AvgIpc) is 2.47. The van der Waals surface area contributed by atoms with Crippen LogP contribution < -0.4 is 14.2 Å². The maximum atomic E-state index is 12.4. The van der Waals surface area contributed by atoms with E-state index in [1.807, 2.05) is 0 Å². The topological polar surface area (TPSA) is 64.6 Å². The molecule has 0 aromatic heterocycles. The largest absolute Gasteiger partial charge is 0.495 e. The number of sulfonamides is 1. The highest BCUT2D eigenvalue weighted by Crippen LogP contribution is 2.31. The Morgan fingerprint density at radius 3 is 2.18 bits per heavy atom. The maximum absolute atomic E-state index is 12.4. The molecule has 0 fully saturated rings. The van der Waals surface area contributed by atoms with Crippen LogP contribution in [0.15, 0.2) is 41.3 Å². The molecule has 5 nitrogen and oxygen atoms in total. The van der Waals surface area contributed by atoms with Crippen LogP contribution >= 0.6 is 23.2 Å². The van der Waals surface area contributed by atoms with E-state index in [-0.39, 0.29) is 15.6 Å². The van der Waals surface area contributed by atoms with E-state index in [1.165, 1.54) is 38.5 Å². The molecule has 22 heavy (non-hydrogen) atoms. The molecule has 0 unspecified atom stereocenters. The third-order valence-electron chi connectivity index (χ3n) is 2.84. The van der Waals surface area contributed by atoms with Gasteiger partial charge in [0.05, 0.1) is 29.8 Å². The standard InChI is InChI=1S/C14H13Cl2NO4S/c1-20-13-6-4-10(8-11(13)16)22(18,19)17-12-7-9(15)3-5-14(12)21-2/h3-8,17H,1-2H3. The van der Waals surface area contributed by atoms with Gasteiger partial charge in [0, 0.05) is 5.02 Å². The van der Waals surface area contributed by atoms with E-state index in [2.05, 4.69) is 4.72 Å². The van der Waals surface area contributed by atoms with Crippen molar-refractivity contribution in [2.24, 2.45) is 0 Å². The summed E-state index contributed by atoms with van der Waals surface area (Å²) in [5.74, 6) is 0.744. The molecule has 0 saturated heterocycles. The van der Waals surface area contributed by atoms with Crippen molar-refractivity contribution in [1.29, 1.82) is 0 Å². The number of rotatable bonds is 5. The van der Waals surface area contributed by atoms with Gasteiger partial charge in [-0.2, -0.15) is 0 Å². The zero-order chi connectivity index (χ0) is 16.3. The number of halogens is 2. The van der Waals surface area contributed by atoms with Gasteiger partial charge >= 0.3 is 0 Å². The van der Waals surface area contributed by atoms with Crippen molar-refractivity contribution in [3.8, 4) is 11.5 Å². The normalized spacial score (nSPS) is 11.1. The monoisotopic (exact) mass is 361 g/mol. The summed E-state index contributed by atoms with van der Waals surface area (Å²) in [7, 11) is -0.954. The molecule has 8 heteroatoms. The van der Waals surface area contributed by atoms with Crippen LogP contribution in [-0.4, -0.2) is 22.6 Å². The molecule has 0 atom stereocenters. The molecular formula is C14H13Cl2NO4S. The van der Waals surface area contributed by atoms with Crippen molar-refractivity contribution in [3.05, 3.63) is 46.4 Å². The van der Waals surface area contributed by atoms with Gasteiger partial charge in [0.2, 0.25) is 0 Å². The minimum absolute atomic E-state index is 0.000304. The van der Waals surface area contributed by atoms with Crippen LogP contribution in [0.5, 0.6) is 11.5 Å². The fourth-order valence-corrected chi connectivity index (χ4v) is 3.36. The molecule has 2 aromatic rings. The lowest BCUT2D eigenvalue weighted by atomic mass is 10.3.